The first-order valence-corrected chi connectivity index (χ1v) is 10.8. The number of nitro benzene ring substituents is 1. The summed E-state index contributed by atoms with van der Waals surface area (Å²) in [6, 6.07) is 19.2. The summed E-state index contributed by atoms with van der Waals surface area (Å²) in [7, 11) is -4.20. The number of rotatable bonds is 8. The van der Waals surface area contributed by atoms with Crippen molar-refractivity contribution in [2.45, 2.75) is 4.90 Å². The fraction of sp³-hybridized carbons (Fsp3) is 0. The van der Waals surface area contributed by atoms with Crippen LogP contribution in [0.3, 0.4) is 0 Å². The molecule has 2 N–H and O–H groups in total. The summed E-state index contributed by atoms with van der Waals surface area (Å²) < 4.78 is 28.2. The van der Waals surface area contributed by atoms with Crippen LogP contribution in [0.25, 0.3) is 6.08 Å². The largest absolute Gasteiger partial charge is 0.278 e. The lowest BCUT2D eigenvalue weighted by Crippen LogP contribution is -2.15. The van der Waals surface area contributed by atoms with E-state index in [2.05, 4.69) is 15.2 Å². The molecule has 158 valence electrons. The van der Waals surface area contributed by atoms with Crippen molar-refractivity contribution in [2.24, 2.45) is 5.10 Å². The monoisotopic (exact) mass is 456 g/mol. The highest BCUT2D eigenvalue weighted by molar-refractivity contribution is 7.93. The van der Waals surface area contributed by atoms with E-state index in [-0.39, 0.29) is 27.0 Å². The Morgan fingerprint density at radius 3 is 2.39 bits per heavy atom. The Labute approximate surface area is 184 Å². The second-order valence-corrected chi connectivity index (χ2v) is 8.24. The van der Waals surface area contributed by atoms with Crippen LogP contribution in [0.15, 0.2) is 88.9 Å². The van der Waals surface area contributed by atoms with Crippen molar-refractivity contribution in [3.8, 4) is 0 Å². The van der Waals surface area contributed by atoms with Crippen molar-refractivity contribution >= 4 is 51.0 Å². The van der Waals surface area contributed by atoms with Crippen LogP contribution < -0.4 is 10.1 Å². The molecule has 0 radical (unpaired) electrons. The molecule has 0 heterocycles. The van der Waals surface area contributed by atoms with E-state index in [0.717, 1.165) is 11.6 Å². The van der Waals surface area contributed by atoms with Gasteiger partial charge in [0.05, 0.1) is 21.3 Å². The predicted molar refractivity (Wildman–Crippen MR) is 123 cm³/mol. The number of hydrogen-bond donors (Lipinski definition) is 2. The molecule has 0 bridgehead atoms. The number of nitro groups is 1. The van der Waals surface area contributed by atoms with Gasteiger partial charge in [-0.3, -0.25) is 20.3 Å². The summed E-state index contributed by atoms with van der Waals surface area (Å²) >= 11 is 6.03. The van der Waals surface area contributed by atoms with Crippen LogP contribution in [-0.2, 0) is 10.0 Å². The average Bonchev–Trinajstić information content (AvgIpc) is 2.75. The smallest absolute Gasteiger partial charge is 0.270 e. The van der Waals surface area contributed by atoms with Crippen LogP contribution in [0.5, 0.6) is 0 Å². The average molecular weight is 457 g/mol. The van der Waals surface area contributed by atoms with E-state index in [1.807, 2.05) is 36.4 Å². The molecule has 31 heavy (non-hydrogen) atoms. The maximum Gasteiger partial charge on any atom is 0.270 e. The molecule has 0 saturated carbocycles. The van der Waals surface area contributed by atoms with Crippen LogP contribution >= 0.6 is 11.6 Å². The maximum atomic E-state index is 12.9. The van der Waals surface area contributed by atoms with Crippen LogP contribution in [-0.4, -0.2) is 19.6 Å². The number of hydrogen-bond acceptors (Lipinski definition) is 6. The predicted octanol–water partition coefficient (Wildman–Crippen LogP) is 5.16. The van der Waals surface area contributed by atoms with E-state index < -0.39 is 14.9 Å². The van der Waals surface area contributed by atoms with Crippen molar-refractivity contribution in [1.29, 1.82) is 0 Å². The van der Waals surface area contributed by atoms with Crippen LogP contribution in [0.4, 0.5) is 17.1 Å². The molecular weight excluding hydrogens is 440 g/mol. The Morgan fingerprint density at radius 2 is 1.68 bits per heavy atom. The Kier molecular flexibility index (Phi) is 7.01. The summed E-state index contributed by atoms with van der Waals surface area (Å²) in [6.07, 6.45) is 4.92. The molecule has 0 unspecified atom stereocenters. The van der Waals surface area contributed by atoms with Gasteiger partial charge in [-0.05, 0) is 29.8 Å². The zero-order valence-corrected chi connectivity index (χ0v) is 17.5. The molecule has 0 amide bonds. The van der Waals surface area contributed by atoms with Gasteiger partial charge in [0.2, 0.25) is 0 Å². The van der Waals surface area contributed by atoms with Gasteiger partial charge in [-0.15, -0.1) is 0 Å². The van der Waals surface area contributed by atoms with Crippen molar-refractivity contribution in [3.05, 3.63) is 99.6 Å². The maximum absolute atomic E-state index is 12.9. The van der Waals surface area contributed by atoms with E-state index in [0.29, 0.717) is 0 Å². The quantitative estimate of drug-likeness (QED) is 0.276. The lowest BCUT2D eigenvalue weighted by molar-refractivity contribution is -0.385. The third-order valence-corrected chi connectivity index (χ3v) is 5.75. The zero-order chi connectivity index (χ0) is 22.3. The van der Waals surface area contributed by atoms with Gasteiger partial charge < -0.3 is 0 Å². The molecule has 0 fully saturated rings. The number of sulfonamides is 1. The summed E-state index contributed by atoms with van der Waals surface area (Å²) in [6.45, 7) is 0. The lowest BCUT2D eigenvalue weighted by atomic mass is 10.2. The van der Waals surface area contributed by atoms with Gasteiger partial charge in [-0.25, -0.2) is 8.42 Å². The highest BCUT2D eigenvalue weighted by Crippen LogP contribution is 2.30. The van der Waals surface area contributed by atoms with Crippen molar-refractivity contribution in [1.82, 2.24) is 0 Å². The molecule has 3 aromatic rings. The minimum atomic E-state index is -4.20. The van der Waals surface area contributed by atoms with Crippen molar-refractivity contribution in [3.63, 3.8) is 0 Å². The fourth-order valence-corrected chi connectivity index (χ4v) is 4.05. The summed E-state index contributed by atoms with van der Waals surface area (Å²) in [5, 5.41) is 15.3. The van der Waals surface area contributed by atoms with Gasteiger partial charge in [0.25, 0.3) is 15.7 Å². The van der Waals surface area contributed by atoms with E-state index in [1.165, 1.54) is 30.5 Å². The second kappa shape index (κ2) is 9.88. The summed E-state index contributed by atoms with van der Waals surface area (Å²) in [5.41, 5.74) is 3.42. The molecule has 3 rings (SSSR count). The first-order valence-electron chi connectivity index (χ1n) is 8.93. The topological polar surface area (TPSA) is 114 Å². The van der Waals surface area contributed by atoms with Gasteiger partial charge >= 0.3 is 0 Å². The number of anilines is 2. The first kappa shape index (κ1) is 22.0. The van der Waals surface area contributed by atoms with Gasteiger partial charge in [0.1, 0.15) is 4.90 Å². The highest BCUT2D eigenvalue weighted by atomic mass is 35.5. The second-order valence-electron chi connectivity index (χ2n) is 6.18. The molecular formula is C21H17ClN4O4S. The Balaban J connectivity index is 1.87. The molecule has 0 saturated heterocycles. The van der Waals surface area contributed by atoms with E-state index >= 15 is 0 Å². The number of benzene rings is 3. The Morgan fingerprint density at radius 1 is 0.968 bits per heavy atom. The molecule has 0 atom stereocenters. The number of hydrazone groups is 1. The van der Waals surface area contributed by atoms with E-state index in [1.54, 1.807) is 18.2 Å². The van der Waals surface area contributed by atoms with E-state index in [9.17, 15) is 18.5 Å². The van der Waals surface area contributed by atoms with Gasteiger partial charge in [-0.1, -0.05) is 60.1 Å². The van der Waals surface area contributed by atoms with Gasteiger partial charge in [0.15, 0.2) is 0 Å². The minimum Gasteiger partial charge on any atom is -0.278 e. The number of nitrogens with one attached hydrogen (secondary N) is 2. The molecule has 0 spiro atoms. The Bertz CT molecular complexity index is 1250. The third-order valence-electron chi connectivity index (χ3n) is 4.02. The SMILES string of the molecule is O=[N+]([O-])c1ccc(N/N=C\C=C\c2ccccc2)c(S(=O)(=O)Nc2ccccc2Cl)c1. The third kappa shape index (κ3) is 5.91. The minimum absolute atomic E-state index is 0.0644. The zero-order valence-electron chi connectivity index (χ0n) is 16.0. The number of nitrogens with zero attached hydrogens (tertiary/aromatic N) is 2. The highest BCUT2D eigenvalue weighted by Gasteiger charge is 2.23. The molecule has 3 aromatic carbocycles. The summed E-state index contributed by atoms with van der Waals surface area (Å²) in [4.78, 5) is 10.1. The molecule has 0 aromatic heterocycles. The van der Waals surface area contributed by atoms with Crippen molar-refractivity contribution < 1.29 is 13.3 Å². The number of para-hydroxylation sites is 1. The van der Waals surface area contributed by atoms with Crippen LogP contribution in [0.1, 0.15) is 5.56 Å². The summed E-state index contributed by atoms with van der Waals surface area (Å²) in [5.74, 6) is 0. The lowest BCUT2D eigenvalue weighted by Gasteiger charge is -2.12. The first-order chi connectivity index (χ1) is 14.9. The van der Waals surface area contributed by atoms with Gasteiger partial charge in [-0.2, -0.15) is 5.10 Å². The molecule has 0 aliphatic heterocycles. The fourth-order valence-electron chi connectivity index (χ4n) is 2.55. The van der Waals surface area contributed by atoms with Crippen molar-refractivity contribution in [2.75, 3.05) is 10.1 Å². The molecule has 0 aliphatic rings. The standard InChI is InChI=1S/C21H17ClN4O4S/c22-18-10-4-5-11-19(18)25-31(29,30)21-15-17(26(27)28)12-13-20(21)24-23-14-6-9-16-7-2-1-3-8-16/h1-15,24-25H/b9-6+,23-14-. The number of non-ortho nitro benzene ring substituents is 1. The number of allylic oxidation sites excluding steroid dienone is 1. The molecule has 0 aliphatic carbocycles. The molecule has 10 heteroatoms. The van der Waals surface area contributed by atoms with Crippen LogP contribution in [0.2, 0.25) is 5.02 Å². The molecule has 8 nitrogen and oxygen atoms in total. The van der Waals surface area contributed by atoms with E-state index in [4.69, 9.17) is 11.6 Å². The number of halogens is 1. The van der Waals surface area contributed by atoms with Crippen LogP contribution in [0, 0.1) is 10.1 Å². The normalized spacial score (nSPS) is 11.6. The van der Waals surface area contributed by atoms with Gasteiger partial charge in [0, 0.05) is 18.3 Å². The Hall–Kier alpha value is -3.69.